The van der Waals surface area contributed by atoms with Crippen molar-refractivity contribution in [2.24, 2.45) is 4.99 Å². The number of rotatable bonds is 6. The van der Waals surface area contributed by atoms with Gasteiger partial charge in [-0.05, 0) is 43.5 Å². The lowest BCUT2D eigenvalue weighted by atomic mass is 9.96. The largest absolute Gasteiger partial charge is 0.440 e. The SMILES string of the molecule is CCCCC(N=C1NS(=O)(=O)c2ccccc21)C(=O)N1CCC(c2nc3ccccc3o2)CC1. The Hall–Kier alpha value is -3.20. The van der Waals surface area contributed by atoms with Crippen molar-refractivity contribution in [3.05, 3.63) is 60.0 Å². The quantitative estimate of drug-likeness (QED) is 0.577. The molecule has 1 N–H and O–H groups in total. The number of hydrogen-bond acceptors (Lipinski definition) is 6. The van der Waals surface area contributed by atoms with Crippen molar-refractivity contribution >= 4 is 32.9 Å². The maximum atomic E-state index is 13.5. The number of sulfonamides is 1. The fourth-order valence-electron chi connectivity index (χ4n) is 4.65. The van der Waals surface area contributed by atoms with Gasteiger partial charge in [0.1, 0.15) is 17.4 Å². The first-order valence-electron chi connectivity index (χ1n) is 11.8. The van der Waals surface area contributed by atoms with Crippen LogP contribution < -0.4 is 4.72 Å². The second kappa shape index (κ2) is 9.21. The van der Waals surface area contributed by atoms with E-state index in [0.29, 0.717) is 25.1 Å². The average Bonchev–Trinajstić information content (AvgIpc) is 3.40. The van der Waals surface area contributed by atoms with Gasteiger partial charge in [-0.15, -0.1) is 0 Å². The predicted molar refractivity (Wildman–Crippen MR) is 129 cm³/mol. The highest BCUT2D eigenvalue weighted by atomic mass is 32.2. The number of likely N-dealkylation sites (tertiary alicyclic amines) is 1. The van der Waals surface area contributed by atoms with Crippen LogP contribution in [0.1, 0.15) is 56.4 Å². The molecule has 0 radical (unpaired) electrons. The van der Waals surface area contributed by atoms with Gasteiger partial charge in [-0.1, -0.05) is 44.0 Å². The number of piperidine rings is 1. The molecule has 2 aliphatic rings. The minimum Gasteiger partial charge on any atom is -0.440 e. The topological polar surface area (TPSA) is 105 Å². The summed E-state index contributed by atoms with van der Waals surface area (Å²) < 4.78 is 33.4. The average molecular weight is 481 g/mol. The molecule has 5 rings (SSSR count). The van der Waals surface area contributed by atoms with Crippen molar-refractivity contribution in [1.82, 2.24) is 14.6 Å². The van der Waals surface area contributed by atoms with Gasteiger partial charge in [0.2, 0.25) is 5.91 Å². The van der Waals surface area contributed by atoms with Gasteiger partial charge < -0.3 is 9.32 Å². The molecule has 8 nitrogen and oxygen atoms in total. The van der Waals surface area contributed by atoms with Crippen LogP contribution in [0.2, 0.25) is 0 Å². The molecule has 1 atom stereocenters. The van der Waals surface area contributed by atoms with E-state index >= 15 is 0 Å². The van der Waals surface area contributed by atoms with E-state index in [1.165, 1.54) is 0 Å². The fourth-order valence-corrected chi connectivity index (χ4v) is 5.89. The molecular weight excluding hydrogens is 452 g/mol. The van der Waals surface area contributed by atoms with Gasteiger partial charge in [0.15, 0.2) is 11.5 Å². The van der Waals surface area contributed by atoms with Crippen molar-refractivity contribution in [2.75, 3.05) is 13.1 Å². The molecule has 1 amide bonds. The van der Waals surface area contributed by atoms with Crippen LogP contribution in [0.15, 0.2) is 62.8 Å². The monoisotopic (exact) mass is 480 g/mol. The van der Waals surface area contributed by atoms with E-state index in [4.69, 9.17) is 4.42 Å². The van der Waals surface area contributed by atoms with Crippen molar-refractivity contribution in [1.29, 1.82) is 0 Å². The van der Waals surface area contributed by atoms with Crippen LogP contribution in [0.3, 0.4) is 0 Å². The molecule has 1 saturated heterocycles. The highest BCUT2D eigenvalue weighted by Gasteiger charge is 2.34. The van der Waals surface area contributed by atoms with E-state index in [1.54, 1.807) is 24.3 Å². The molecule has 0 aliphatic carbocycles. The summed E-state index contributed by atoms with van der Waals surface area (Å²) in [5, 5.41) is 0. The second-order valence-electron chi connectivity index (χ2n) is 8.86. The van der Waals surface area contributed by atoms with Crippen LogP contribution >= 0.6 is 0 Å². The molecule has 178 valence electrons. The predicted octanol–water partition coefficient (Wildman–Crippen LogP) is 3.83. The minimum atomic E-state index is -3.64. The zero-order valence-corrected chi connectivity index (χ0v) is 19.9. The molecule has 0 spiro atoms. The summed E-state index contributed by atoms with van der Waals surface area (Å²) in [6, 6.07) is 13.8. The summed E-state index contributed by atoms with van der Waals surface area (Å²) in [7, 11) is -3.64. The van der Waals surface area contributed by atoms with Crippen molar-refractivity contribution < 1.29 is 17.6 Å². The Bertz CT molecular complexity index is 1310. The van der Waals surface area contributed by atoms with Crippen LogP contribution in [0.25, 0.3) is 11.1 Å². The Morgan fingerprint density at radius 2 is 1.91 bits per heavy atom. The Morgan fingerprint density at radius 1 is 1.18 bits per heavy atom. The number of oxazole rings is 1. The highest BCUT2D eigenvalue weighted by molar-refractivity contribution is 7.90. The lowest BCUT2D eigenvalue weighted by molar-refractivity contribution is -0.133. The summed E-state index contributed by atoms with van der Waals surface area (Å²) in [5.74, 6) is 1.10. The van der Waals surface area contributed by atoms with Crippen molar-refractivity contribution in [3.63, 3.8) is 0 Å². The first kappa shape index (κ1) is 22.6. The standard InChI is InChI=1S/C25H28N4O4S/c1-2-3-9-20(26-23-18-8-4-7-12-22(18)34(31,32)28-23)25(30)29-15-13-17(14-16-29)24-27-19-10-5-6-11-21(19)33-24/h4-8,10-12,17,20H,2-3,9,13-16H2,1H3,(H,26,28). The third-order valence-electron chi connectivity index (χ3n) is 6.53. The Kier molecular flexibility index (Phi) is 6.12. The third kappa shape index (κ3) is 4.32. The molecule has 1 aromatic heterocycles. The molecule has 2 aliphatic heterocycles. The highest BCUT2D eigenvalue weighted by Crippen LogP contribution is 2.31. The van der Waals surface area contributed by atoms with Crippen LogP contribution in [-0.4, -0.2) is 49.2 Å². The van der Waals surface area contributed by atoms with Crippen molar-refractivity contribution in [2.45, 2.75) is 55.9 Å². The zero-order valence-electron chi connectivity index (χ0n) is 19.1. The van der Waals surface area contributed by atoms with E-state index in [2.05, 4.69) is 21.6 Å². The number of aromatic nitrogens is 1. The number of nitrogens with zero attached hydrogens (tertiary/aromatic N) is 3. The van der Waals surface area contributed by atoms with Crippen LogP contribution in [0.5, 0.6) is 0 Å². The van der Waals surface area contributed by atoms with E-state index in [-0.39, 0.29) is 22.6 Å². The molecule has 34 heavy (non-hydrogen) atoms. The summed E-state index contributed by atoms with van der Waals surface area (Å²) in [5.41, 5.74) is 2.16. The maximum Gasteiger partial charge on any atom is 0.263 e. The van der Waals surface area contributed by atoms with Gasteiger partial charge in [-0.3, -0.25) is 14.5 Å². The van der Waals surface area contributed by atoms with Crippen LogP contribution in [0.4, 0.5) is 0 Å². The number of amides is 1. The number of carbonyl (C=O) groups excluding carboxylic acids is 1. The van der Waals surface area contributed by atoms with Gasteiger partial charge in [-0.2, -0.15) is 0 Å². The molecule has 0 saturated carbocycles. The van der Waals surface area contributed by atoms with Gasteiger partial charge in [0.25, 0.3) is 10.0 Å². The van der Waals surface area contributed by atoms with E-state index in [1.807, 2.05) is 29.2 Å². The lowest BCUT2D eigenvalue weighted by Crippen LogP contribution is -2.43. The number of nitrogens with one attached hydrogen (secondary N) is 1. The molecule has 3 aromatic rings. The first-order chi connectivity index (χ1) is 16.5. The number of benzene rings is 2. The van der Waals surface area contributed by atoms with Gasteiger partial charge in [-0.25, -0.2) is 13.4 Å². The van der Waals surface area contributed by atoms with Gasteiger partial charge in [0.05, 0.1) is 4.90 Å². The number of fused-ring (bicyclic) bond motifs is 2. The normalized spacial score (nSPS) is 19.8. The Labute approximate surface area is 199 Å². The number of hydrogen-bond donors (Lipinski definition) is 1. The Balaban J connectivity index is 1.32. The molecule has 3 heterocycles. The number of unbranched alkanes of at least 4 members (excludes halogenated alkanes) is 1. The maximum absolute atomic E-state index is 13.5. The summed E-state index contributed by atoms with van der Waals surface area (Å²) >= 11 is 0. The second-order valence-corrected chi connectivity index (χ2v) is 10.5. The first-order valence-corrected chi connectivity index (χ1v) is 13.3. The smallest absolute Gasteiger partial charge is 0.263 e. The van der Waals surface area contributed by atoms with E-state index in [9.17, 15) is 13.2 Å². The summed E-state index contributed by atoms with van der Waals surface area (Å²) in [6.07, 6.45) is 3.88. The third-order valence-corrected chi connectivity index (χ3v) is 7.93. The van der Waals surface area contributed by atoms with Gasteiger partial charge in [0, 0.05) is 24.6 Å². The number of aliphatic imine (C=N–C) groups is 1. The number of carbonyl (C=O) groups is 1. The minimum absolute atomic E-state index is 0.0551. The molecular formula is C25H28N4O4S. The molecule has 1 unspecified atom stereocenters. The number of para-hydroxylation sites is 2. The Morgan fingerprint density at radius 3 is 2.68 bits per heavy atom. The van der Waals surface area contributed by atoms with E-state index < -0.39 is 16.1 Å². The lowest BCUT2D eigenvalue weighted by Gasteiger charge is -2.32. The summed E-state index contributed by atoms with van der Waals surface area (Å²) in [6.45, 7) is 3.25. The van der Waals surface area contributed by atoms with Crippen LogP contribution in [0, 0.1) is 0 Å². The zero-order chi connectivity index (χ0) is 23.7. The van der Waals surface area contributed by atoms with Crippen molar-refractivity contribution in [3.8, 4) is 0 Å². The van der Waals surface area contributed by atoms with Crippen LogP contribution in [-0.2, 0) is 14.8 Å². The van der Waals surface area contributed by atoms with Gasteiger partial charge >= 0.3 is 0 Å². The molecule has 1 fully saturated rings. The van der Waals surface area contributed by atoms with E-state index in [0.717, 1.165) is 42.7 Å². The molecule has 9 heteroatoms. The fraction of sp³-hybridized carbons (Fsp3) is 0.400. The number of amidine groups is 1. The summed E-state index contributed by atoms with van der Waals surface area (Å²) in [4.78, 5) is 24.8. The molecule has 2 aromatic carbocycles. The molecule has 0 bridgehead atoms.